The number of amides is 3. The quantitative estimate of drug-likeness (QED) is 0.791. The van der Waals surface area contributed by atoms with E-state index < -0.39 is 11.6 Å². The van der Waals surface area contributed by atoms with E-state index in [1.165, 1.54) is 0 Å². The van der Waals surface area contributed by atoms with Crippen molar-refractivity contribution in [1.29, 1.82) is 0 Å². The van der Waals surface area contributed by atoms with E-state index in [1.807, 2.05) is 18.2 Å². The lowest BCUT2D eigenvalue weighted by atomic mass is 9.86. The van der Waals surface area contributed by atoms with E-state index in [0.29, 0.717) is 12.4 Å². The number of imide groups is 1. The van der Waals surface area contributed by atoms with E-state index in [-0.39, 0.29) is 28.7 Å². The third-order valence-corrected chi connectivity index (χ3v) is 4.95. The van der Waals surface area contributed by atoms with E-state index in [9.17, 15) is 9.59 Å². The van der Waals surface area contributed by atoms with Crippen LogP contribution in [-0.4, -0.2) is 29.1 Å². The Hall–Kier alpha value is -3.29. The molecule has 0 aliphatic carbocycles. The first-order chi connectivity index (χ1) is 13.1. The molecule has 2 aliphatic heterocycles. The first-order valence-electron chi connectivity index (χ1n) is 8.97. The molecule has 8 nitrogen and oxygen atoms in total. The fraction of sp³-hybridized carbons (Fsp3) is 0.350. The van der Waals surface area contributed by atoms with Gasteiger partial charge in [-0.2, -0.15) is 4.98 Å². The molecule has 146 valence electrons. The summed E-state index contributed by atoms with van der Waals surface area (Å²) >= 11 is 0. The second kappa shape index (κ2) is 5.85. The predicted molar refractivity (Wildman–Crippen MR) is 104 cm³/mol. The highest BCUT2D eigenvalue weighted by Gasteiger charge is 2.46. The van der Waals surface area contributed by atoms with Crippen LogP contribution in [0.3, 0.4) is 0 Å². The number of fused-ring (bicyclic) bond motifs is 1. The van der Waals surface area contributed by atoms with Crippen LogP contribution in [0.5, 0.6) is 17.4 Å². The van der Waals surface area contributed by atoms with Crippen molar-refractivity contribution in [1.82, 2.24) is 10.3 Å². The molecule has 3 amide bonds. The van der Waals surface area contributed by atoms with E-state index in [0.717, 1.165) is 16.2 Å². The molecule has 3 N–H and O–H groups in total. The second-order valence-electron chi connectivity index (χ2n) is 8.15. The van der Waals surface area contributed by atoms with Crippen LogP contribution in [0.15, 0.2) is 30.3 Å². The summed E-state index contributed by atoms with van der Waals surface area (Å²) in [4.78, 5) is 29.9. The van der Waals surface area contributed by atoms with Gasteiger partial charge in [-0.15, -0.1) is 0 Å². The molecule has 28 heavy (non-hydrogen) atoms. The van der Waals surface area contributed by atoms with E-state index in [1.54, 1.807) is 26.0 Å². The molecule has 1 fully saturated rings. The third kappa shape index (κ3) is 2.72. The molecule has 8 heteroatoms. The molecule has 1 saturated heterocycles. The van der Waals surface area contributed by atoms with Crippen molar-refractivity contribution in [2.24, 2.45) is 0 Å². The summed E-state index contributed by atoms with van der Waals surface area (Å²) in [6, 6.07) is 8.21. The number of hydrogen-bond acceptors (Lipinski definition) is 6. The Morgan fingerprint density at radius 2 is 1.93 bits per heavy atom. The Bertz CT molecular complexity index is 1000. The van der Waals surface area contributed by atoms with Gasteiger partial charge in [0.2, 0.25) is 5.88 Å². The van der Waals surface area contributed by atoms with Crippen LogP contribution in [0.1, 0.15) is 33.3 Å². The largest absolute Gasteiger partial charge is 0.492 e. The minimum absolute atomic E-state index is 0.0294. The number of nitrogens with one attached hydrogen (secondary N) is 1. The van der Waals surface area contributed by atoms with Crippen LogP contribution in [0.25, 0.3) is 0 Å². The number of carbonyl (C=O) groups is 2. The van der Waals surface area contributed by atoms with Gasteiger partial charge in [-0.3, -0.25) is 4.79 Å². The minimum atomic E-state index is -0.991. The highest BCUT2D eigenvalue weighted by atomic mass is 16.5. The van der Waals surface area contributed by atoms with Gasteiger partial charge in [0.25, 0.3) is 5.91 Å². The molecule has 0 saturated carbocycles. The number of aromatic nitrogens is 1. The predicted octanol–water partition coefficient (Wildman–Crippen LogP) is 2.96. The SMILES string of the molecule is CC1(C)NC(=O)N(c2ccc(Oc3cccc4c3C(C)(C)CO4)nc2N)C1=O. The Balaban J connectivity index is 1.65. The van der Waals surface area contributed by atoms with Gasteiger partial charge >= 0.3 is 6.03 Å². The molecule has 4 rings (SSSR count). The standard InChI is InChI=1S/C20H22N4O4/c1-19(2)10-27-12-6-5-7-13(15(12)19)28-14-9-8-11(16(21)22-14)24-17(25)20(3,4)23-18(24)26/h5-9H,10H2,1-4H3,(H2,21,22)(H,23,26). The van der Waals surface area contributed by atoms with Crippen LogP contribution in [0, 0.1) is 0 Å². The van der Waals surface area contributed by atoms with Gasteiger partial charge in [-0.25, -0.2) is 9.69 Å². The lowest BCUT2D eigenvalue weighted by molar-refractivity contribution is -0.121. The molecule has 0 atom stereocenters. The molecular formula is C20H22N4O4. The van der Waals surface area contributed by atoms with Gasteiger partial charge in [-0.1, -0.05) is 19.9 Å². The zero-order chi connectivity index (χ0) is 20.3. The number of nitrogens with two attached hydrogens (primary N) is 1. The summed E-state index contributed by atoms with van der Waals surface area (Å²) in [6.07, 6.45) is 0. The fourth-order valence-corrected chi connectivity index (χ4v) is 3.49. The zero-order valence-electron chi connectivity index (χ0n) is 16.2. The third-order valence-electron chi connectivity index (χ3n) is 4.95. The number of urea groups is 1. The van der Waals surface area contributed by atoms with E-state index >= 15 is 0 Å². The van der Waals surface area contributed by atoms with Crippen molar-refractivity contribution in [3.05, 3.63) is 35.9 Å². The van der Waals surface area contributed by atoms with Gasteiger partial charge in [0.1, 0.15) is 17.0 Å². The average molecular weight is 382 g/mol. The Morgan fingerprint density at radius 1 is 1.18 bits per heavy atom. The van der Waals surface area contributed by atoms with Crippen molar-refractivity contribution in [2.75, 3.05) is 17.2 Å². The lowest BCUT2D eigenvalue weighted by Crippen LogP contribution is -2.40. The smallest absolute Gasteiger partial charge is 0.329 e. The maximum atomic E-state index is 12.5. The lowest BCUT2D eigenvalue weighted by Gasteiger charge is -2.20. The number of hydrogen-bond donors (Lipinski definition) is 2. The van der Waals surface area contributed by atoms with Gasteiger partial charge in [0.15, 0.2) is 5.82 Å². The summed E-state index contributed by atoms with van der Waals surface area (Å²) in [5.41, 5.74) is 6.05. The van der Waals surface area contributed by atoms with Crippen molar-refractivity contribution in [2.45, 2.75) is 38.6 Å². The van der Waals surface area contributed by atoms with Crippen LogP contribution < -0.4 is 25.4 Å². The topological polar surface area (TPSA) is 107 Å². The minimum Gasteiger partial charge on any atom is -0.492 e. The van der Waals surface area contributed by atoms with Crippen molar-refractivity contribution >= 4 is 23.4 Å². The number of carbonyl (C=O) groups excluding carboxylic acids is 2. The molecule has 0 unspecified atom stereocenters. The first kappa shape index (κ1) is 18.1. The molecule has 0 bridgehead atoms. The molecule has 1 aromatic carbocycles. The van der Waals surface area contributed by atoms with Gasteiger partial charge < -0.3 is 20.5 Å². The van der Waals surface area contributed by atoms with E-state index in [4.69, 9.17) is 15.2 Å². The number of nitrogen functional groups attached to an aromatic ring is 1. The van der Waals surface area contributed by atoms with Crippen LogP contribution in [0.2, 0.25) is 0 Å². The van der Waals surface area contributed by atoms with Gasteiger partial charge in [0, 0.05) is 17.0 Å². The Morgan fingerprint density at radius 3 is 2.57 bits per heavy atom. The molecule has 0 radical (unpaired) electrons. The summed E-state index contributed by atoms with van der Waals surface area (Å²) in [7, 11) is 0. The van der Waals surface area contributed by atoms with Crippen molar-refractivity contribution < 1.29 is 19.1 Å². The van der Waals surface area contributed by atoms with Gasteiger partial charge in [0.05, 0.1) is 12.3 Å². The maximum absolute atomic E-state index is 12.5. The Kier molecular flexibility index (Phi) is 3.78. The molecule has 3 heterocycles. The molecule has 2 aromatic rings. The number of rotatable bonds is 3. The molecular weight excluding hydrogens is 360 g/mol. The van der Waals surface area contributed by atoms with E-state index in [2.05, 4.69) is 24.1 Å². The summed E-state index contributed by atoms with van der Waals surface area (Å²) < 4.78 is 11.7. The van der Waals surface area contributed by atoms with Crippen molar-refractivity contribution in [3.63, 3.8) is 0 Å². The highest BCUT2D eigenvalue weighted by molar-refractivity contribution is 6.23. The Labute approximate surface area is 162 Å². The first-order valence-corrected chi connectivity index (χ1v) is 8.97. The molecule has 2 aliphatic rings. The van der Waals surface area contributed by atoms with Crippen molar-refractivity contribution in [3.8, 4) is 17.4 Å². The highest BCUT2D eigenvalue weighted by Crippen LogP contribution is 2.45. The number of ether oxygens (including phenoxy) is 2. The zero-order valence-corrected chi connectivity index (χ0v) is 16.2. The summed E-state index contributed by atoms with van der Waals surface area (Å²) in [5, 5.41) is 2.62. The van der Waals surface area contributed by atoms with Crippen LogP contribution in [-0.2, 0) is 10.2 Å². The fourth-order valence-electron chi connectivity index (χ4n) is 3.49. The number of pyridine rings is 1. The van der Waals surface area contributed by atoms with Gasteiger partial charge in [-0.05, 0) is 32.0 Å². The number of benzene rings is 1. The monoisotopic (exact) mass is 382 g/mol. The average Bonchev–Trinajstić information content (AvgIpc) is 3.02. The second-order valence-corrected chi connectivity index (χ2v) is 8.15. The van der Waals surface area contributed by atoms with Crippen LogP contribution in [0.4, 0.5) is 16.3 Å². The number of anilines is 2. The normalized spacial score (nSPS) is 19.2. The van der Waals surface area contributed by atoms with Crippen LogP contribution >= 0.6 is 0 Å². The number of nitrogens with zero attached hydrogens (tertiary/aromatic N) is 2. The maximum Gasteiger partial charge on any atom is 0.329 e. The molecule has 0 spiro atoms. The summed E-state index contributed by atoms with van der Waals surface area (Å²) in [5.74, 6) is 1.33. The summed E-state index contributed by atoms with van der Waals surface area (Å²) in [6.45, 7) is 7.99. The molecule has 1 aromatic heterocycles.